The first-order valence-electron chi connectivity index (χ1n) is 25.7. The maximum Gasteiger partial charge on any atom is 0.306 e. The van der Waals surface area contributed by atoms with Gasteiger partial charge in [-0.2, -0.15) is 0 Å². The Balaban J connectivity index is 1.05. The van der Waals surface area contributed by atoms with Crippen molar-refractivity contribution in [2.45, 2.75) is 126 Å². The molecule has 0 amide bonds. The summed E-state index contributed by atoms with van der Waals surface area (Å²) in [6, 6.07) is 59.6. The van der Waals surface area contributed by atoms with Crippen LogP contribution in [0.15, 0.2) is 194 Å². The lowest BCUT2D eigenvalue weighted by Crippen LogP contribution is -2.61. The molecular formula is C62H66O12. The van der Waals surface area contributed by atoms with Gasteiger partial charge in [0.15, 0.2) is 0 Å². The molecule has 6 aromatic rings. The van der Waals surface area contributed by atoms with E-state index in [1.807, 2.05) is 182 Å². The standard InChI is InChI=1S/C62H66O12/c63-55-35-36-56(64)66-44-54-60(70-40-48-27-13-4-14-28-48)62(72-42-50-31-17-6-18-32-50)58(68-38-46-23-9-2-10-24-46)52(74-54)34-20-19-33-51-57(67-37-45-21-7-1-8-22-45)61(71-41-49-29-15-5-16-30-49)59(53(73-51)43-65-55)69-39-47-25-11-3-12-26-47/h1-32,51-54,57-62H,33-44H2/b20-19-/t51-,52-,53-,54-,57-,58-,59-,60-,61-,62-/m1/s1. The molecule has 4 bridgehead atoms. The number of rotatable bonds is 18. The molecule has 386 valence electrons. The number of benzene rings is 6. The van der Waals surface area contributed by atoms with Gasteiger partial charge >= 0.3 is 11.9 Å². The number of hydrogen-bond donors (Lipinski definition) is 0. The average Bonchev–Trinajstić information content (AvgIpc) is 3.45. The van der Waals surface area contributed by atoms with E-state index in [1.165, 1.54) is 0 Å². The number of esters is 2. The number of fused-ring (bicyclic) bond motifs is 4. The molecule has 0 saturated carbocycles. The summed E-state index contributed by atoms with van der Waals surface area (Å²) in [5.74, 6) is -1.17. The summed E-state index contributed by atoms with van der Waals surface area (Å²) in [5.41, 5.74) is 5.84. The molecule has 10 atom stereocenters. The van der Waals surface area contributed by atoms with Crippen molar-refractivity contribution in [2.24, 2.45) is 0 Å². The predicted octanol–water partition coefficient (Wildman–Crippen LogP) is 10.3. The molecular weight excluding hydrogens is 937 g/mol. The summed E-state index contributed by atoms with van der Waals surface area (Å²) in [6.07, 6.45) is -2.25. The second kappa shape index (κ2) is 27.8. The fourth-order valence-corrected chi connectivity index (χ4v) is 9.57. The van der Waals surface area contributed by atoms with Gasteiger partial charge in [0.05, 0.1) is 64.7 Å². The molecule has 2 saturated heterocycles. The predicted molar refractivity (Wildman–Crippen MR) is 277 cm³/mol. The quantitative estimate of drug-likeness (QED) is 0.0601. The van der Waals surface area contributed by atoms with Crippen molar-refractivity contribution < 1.29 is 57.0 Å². The summed E-state index contributed by atoms with van der Waals surface area (Å²) < 4.78 is 67.1. The van der Waals surface area contributed by atoms with Crippen LogP contribution in [0.25, 0.3) is 0 Å². The summed E-state index contributed by atoms with van der Waals surface area (Å²) in [5, 5.41) is 0. The van der Waals surface area contributed by atoms with E-state index in [1.54, 1.807) is 0 Å². The van der Waals surface area contributed by atoms with Crippen LogP contribution in [0.2, 0.25) is 0 Å². The van der Waals surface area contributed by atoms with Crippen molar-refractivity contribution in [1.29, 1.82) is 0 Å². The van der Waals surface area contributed by atoms with Crippen LogP contribution >= 0.6 is 0 Å². The van der Waals surface area contributed by atoms with E-state index in [-0.39, 0.29) is 65.7 Å². The number of carbonyl (C=O) groups excluding carboxylic acids is 2. The third-order valence-electron chi connectivity index (χ3n) is 13.4. The van der Waals surface area contributed by atoms with Crippen LogP contribution in [-0.4, -0.2) is 86.2 Å². The van der Waals surface area contributed by atoms with E-state index >= 15 is 0 Å². The van der Waals surface area contributed by atoms with Crippen molar-refractivity contribution in [3.63, 3.8) is 0 Å². The largest absolute Gasteiger partial charge is 0.463 e. The van der Waals surface area contributed by atoms with Gasteiger partial charge in [-0.3, -0.25) is 9.59 Å². The van der Waals surface area contributed by atoms with Gasteiger partial charge in [0.25, 0.3) is 0 Å². The monoisotopic (exact) mass is 1000 g/mol. The lowest BCUT2D eigenvalue weighted by Gasteiger charge is -2.46. The number of ether oxygens (including phenoxy) is 10. The maximum atomic E-state index is 13.6. The van der Waals surface area contributed by atoms with Gasteiger partial charge in [0, 0.05) is 0 Å². The van der Waals surface area contributed by atoms with E-state index < -0.39 is 73.0 Å². The maximum absolute atomic E-state index is 13.6. The van der Waals surface area contributed by atoms with E-state index in [9.17, 15) is 9.59 Å². The van der Waals surface area contributed by atoms with Crippen LogP contribution in [0.4, 0.5) is 0 Å². The minimum Gasteiger partial charge on any atom is -0.463 e. The first kappa shape index (κ1) is 52.5. The topological polar surface area (TPSA) is 126 Å². The second-order valence-corrected chi connectivity index (χ2v) is 18.8. The molecule has 3 heterocycles. The highest BCUT2D eigenvalue weighted by molar-refractivity contribution is 5.77. The van der Waals surface area contributed by atoms with E-state index in [0.717, 1.165) is 33.4 Å². The van der Waals surface area contributed by atoms with Gasteiger partial charge in [0.2, 0.25) is 0 Å². The molecule has 0 radical (unpaired) electrons. The van der Waals surface area contributed by atoms with Crippen LogP contribution in [0.5, 0.6) is 0 Å². The zero-order valence-electron chi connectivity index (χ0n) is 41.6. The van der Waals surface area contributed by atoms with E-state index in [4.69, 9.17) is 47.4 Å². The molecule has 0 N–H and O–H groups in total. The van der Waals surface area contributed by atoms with Crippen molar-refractivity contribution in [3.05, 3.63) is 228 Å². The minimum absolute atomic E-state index is 0.145. The van der Waals surface area contributed by atoms with Gasteiger partial charge in [-0.25, -0.2) is 0 Å². The Labute approximate surface area is 434 Å². The third-order valence-corrected chi connectivity index (χ3v) is 13.4. The van der Waals surface area contributed by atoms with Crippen molar-refractivity contribution in [1.82, 2.24) is 0 Å². The molecule has 0 unspecified atom stereocenters. The van der Waals surface area contributed by atoms with Crippen molar-refractivity contribution in [3.8, 4) is 0 Å². The van der Waals surface area contributed by atoms with Crippen molar-refractivity contribution in [2.75, 3.05) is 13.2 Å². The van der Waals surface area contributed by atoms with Gasteiger partial charge in [-0.1, -0.05) is 194 Å². The zero-order valence-corrected chi connectivity index (χ0v) is 41.6. The Morgan fingerprint density at radius 3 is 0.797 bits per heavy atom. The van der Waals surface area contributed by atoms with Gasteiger partial charge < -0.3 is 47.4 Å². The van der Waals surface area contributed by atoms with E-state index in [2.05, 4.69) is 12.2 Å². The van der Waals surface area contributed by atoms with E-state index in [0.29, 0.717) is 12.8 Å². The second-order valence-electron chi connectivity index (χ2n) is 18.8. The first-order chi connectivity index (χ1) is 36.5. The Bertz CT molecular complexity index is 2410. The molecule has 0 aliphatic carbocycles. The Morgan fingerprint density at radius 2 is 0.541 bits per heavy atom. The van der Waals surface area contributed by atoms with Gasteiger partial charge in [0.1, 0.15) is 62.0 Å². The molecule has 74 heavy (non-hydrogen) atoms. The van der Waals surface area contributed by atoms with Gasteiger partial charge in [-0.05, 0) is 46.2 Å². The normalized spacial score (nSPS) is 26.2. The Hall–Kier alpha value is -6.32. The fraction of sp³-hybridized carbons (Fsp3) is 0.355. The zero-order chi connectivity index (χ0) is 50.6. The number of hydrogen-bond acceptors (Lipinski definition) is 12. The summed E-state index contributed by atoms with van der Waals surface area (Å²) >= 11 is 0. The fourth-order valence-electron chi connectivity index (χ4n) is 9.57. The van der Waals surface area contributed by atoms with Crippen molar-refractivity contribution >= 4 is 11.9 Å². The van der Waals surface area contributed by atoms with Crippen LogP contribution in [0.3, 0.4) is 0 Å². The summed E-state index contributed by atoms with van der Waals surface area (Å²) in [4.78, 5) is 27.2. The smallest absolute Gasteiger partial charge is 0.306 e. The average molecular weight is 1000 g/mol. The summed E-state index contributed by atoms with van der Waals surface area (Å²) in [7, 11) is 0. The molecule has 3 aliphatic rings. The Kier molecular flexibility index (Phi) is 19.8. The van der Waals surface area contributed by atoms with Crippen LogP contribution in [-0.2, 0) is 96.6 Å². The molecule has 0 aromatic heterocycles. The highest BCUT2D eigenvalue weighted by Crippen LogP contribution is 2.35. The molecule has 3 aliphatic heterocycles. The molecule has 9 rings (SSSR count). The molecule has 0 spiro atoms. The van der Waals surface area contributed by atoms with Crippen LogP contribution in [0.1, 0.15) is 59.1 Å². The lowest BCUT2D eigenvalue weighted by atomic mass is 9.91. The molecule has 12 heteroatoms. The number of carbonyl (C=O) groups is 2. The first-order valence-corrected chi connectivity index (χ1v) is 25.7. The minimum atomic E-state index is -0.766. The summed E-state index contributed by atoms with van der Waals surface area (Å²) in [6.45, 7) is 1.32. The molecule has 6 aromatic carbocycles. The third kappa shape index (κ3) is 15.4. The molecule has 12 nitrogen and oxygen atoms in total. The highest BCUT2D eigenvalue weighted by Gasteiger charge is 2.50. The molecule has 2 fully saturated rings. The SMILES string of the molecule is O=C1CCC(=O)OC[C@H]2O[C@H](C/C=C\C[C@H]3O[C@H](CO1)[C@@H](OCc1ccccc1)[C@H](OCc1ccccc1)[C@@H]3OCc1ccccc1)[C@@H](OCc1ccccc1)[C@@H](OCc1ccccc1)[C@@H]2OCc1ccccc1. The van der Waals surface area contributed by atoms with Crippen LogP contribution in [0, 0.1) is 0 Å². The van der Waals surface area contributed by atoms with Crippen LogP contribution < -0.4 is 0 Å². The lowest BCUT2D eigenvalue weighted by molar-refractivity contribution is -0.271. The Morgan fingerprint density at radius 1 is 0.311 bits per heavy atom. The number of cyclic esters (lactones) is 2. The van der Waals surface area contributed by atoms with Gasteiger partial charge in [-0.15, -0.1) is 0 Å². The highest BCUT2D eigenvalue weighted by atomic mass is 16.6.